The molecule has 3 nitrogen and oxygen atoms in total. The van der Waals surface area contributed by atoms with Crippen molar-refractivity contribution in [3.05, 3.63) is 28.0 Å². The Morgan fingerprint density at radius 3 is 2.72 bits per heavy atom. The number of likely N-dealkylation sites (tertiary alicyclic amines) is 1. The van der Waals surface area contributed by atoms with Crippen LogP contribution in [-0.2, 0) is 6.54 Å². The summed E-state index contributed by atoms with van der Waals surface area (Å²) < 4.78 is 0. The lowest BCUT2D eigenvalue weighted by atomic mass is 9.93. The lowest BCUT2D eigenvalue weighted by Crippen LogP contribution is -2.39. The number of aliphatic hydroxyl groups excluding tert-OH is 1. The van der Waals surface area contributed by atoms with Gasteiger partial charge in [-0.1, -0.05) is 23.2 Å². The van der Waals surface area contributed by atoms with E-state index in [1.807, 2.05) is 19.1 Å². The third-order valence-electron chi connectivity index (χ3n) is 3.45. The first-order chi connectivity index (χ1) is 8.54. The van der Waals surface area contributed by atoms with Gasteiger partial charge in [-0.2, -0.15) is 0 Å². The van der Waals surface area contributed by atoms with Gasteiger partial charge in [-0.25, -0.2) is 4.98 Å². The van der Waals surface area contributed by atoms with Crippen LogP contribution in [0.4, 0.5) is 0 Å². The zero-order chi connectivity index (χ0) is 13.1. The maximum Gasteiger partial charge on any atom is 0.131 e. The minimum Gasteiger partial charge on any atom is -0.393 e. The first-order valence-electron chi connectivity index (χ1n) is 6.27. The number of rotatable bonds is 3. The molecule has 0 bridgehead atoms. The molecule has 1 saturated heterocycles. The molecule has 2 atom stereocenters. The van der Waals surface area contributed by atoms with Gasteiger partial charge in [0.1, 0.15) is 10.3 Å². The number of pyridine rings is 1. The summed E-state index contributed by atoms with van der Waals surface area (Å²) in [7, 11) is 0. The highest BCUT2D eigenvalue weighted by atomic mass is 35.5. The predicted octanol–water partition coefficient (Wildman–Crippen LogP) is 2.98. The molecule has 100 valence electrons. The minimum absolute atomic E-state index is 0.239. The van der Waals surface area contributed by atoms with Crippen molar-refractivity contribution in [2.45, 2.75) is 32.4 Å². The average molecular weight is 289 g/mol. The Bertz CT molecular complexity index is 392. The second-order valence-corrected chi connectivity index (χ2v) is 5.77. The van der Waals surface area contributed by atoms with E-state index in [9.17, 15) is 5.11 Å². The lowest BCUT2D eigenvalue weighted by molar-refractivity contribution is 0.0599. The maximum atomic E-state index is 9.67. The van der Waals surface area contributed by atoms with Gasteiger partial charge >= 0.3 is 0 Å². The van der Waals surface area contributed by atoms with Crippen molar-refractivity contribution >= 4 is 23.2 Å². The van der Waals surface area contributed by atoms with E-state index in [0.29, 0.717) is 16.2 Å². The molecule has 5 heteroatoms. The van der Waals surface area contributed by atoms with Crippen molar-refractivity contribution in [3.63, 3.8) is 0 Å². The number of aromatic nitrogens is 1. The molecule has 1 N–H and O–H groups in total. The van der Waals surface area contributed by atoms with Crippen molar-refractivity contribution in [1.82, 2.24) is 9.88 Å². The summed E-state index contributed by atoms with van der Waals surface area (Å²) in [5, 5.41) is 10.5. The molecule has 2 rings (SSSR count). The van der Waals surface area contributed by atoms with Crippen molar-refractivity contribution in [2.24, 2.45) is 5.92 Å². The lowest BCUT2D eigenvalue weighted by Gasteiger charge is -2.34. The van der Waals surface area contributed by atoms with Gasteiger partial charge in [-0.15, -0.1) is 0 Å². The Kier molecular flexibility index (Phi) is 4.84. The zero-order valence-electron chi connectivity index (χ0n) is 10.4. The van der Waals surface area contributed by atoms with Gasteiger partial charge in [0, 0.05) is 13.1 Å². The fraction of sp³-hybridized carbons (Fsp3) is 0.615. The van der Waals surface area contributed by atoms with Gasteiger partial charge in [-0.3, -0.25) is 4.90 Å². The van der Waals surface area contributed by atoms with Crippen LogP contribution in [0.15, 0.2) is 12.1 Å². The minimum atomic E-state index is -0.239. The number of hydrogen-bond acceptors (Lipinski definition) is 3. The number of aliphatic hydroxyl groups is 1. The molecule has 0 saturated carbocycles. The molecular weight excluding hydrogens is 271 g/mol. The molecule has 1 fully saturated rings. The van der Waals surface area contributed by atoms with E-state index in [4.69, 9.17) is 23.2 Å². The van der Waals surface area contributed by atoms with Crippen molar-refractivity contribution in [3.8, 4) is 0 Å². The summed E-state index contributed by atoms with van der Waals surface area (Å²) in [5.41, 5.74) is 1.08. The third-order valence-corrected chi connectivity index (χ3v) is 3.84. The van der Waals surface area contributed by atoms with Gasteiger partial charge in [-0.05, 0) is 49.9 Å². The second kappa shape index (κ2) is 6.20. The molecule has 1 aromatic heterocycles. The molecule has 2 heterocycles. The molecule has 1 aliphatic rings. The van der Waals surface area contributed by atoms with E-state index in [0.717, 1.165) is 38.0 Å². The first kappa shape index (κ1) is 14.1. The van der Waals surface area contributed by atoms with Crippen LogP contribution in [0.5, 0.6) is 0 Å². The number of halogens is 2. The molecule has 0 amide bonds. The normalized spacial score (nSPS) is 23.0. The Hall–Kier alpha value is -0.350. The summed E-state index contributed by atoms with van der Waals surface area (Å²) in [6.45, 7) is 4.66. The number of hydrogen-bond donors (Lipinski definition) is 1. The Morgan fingerprint density at radius 1 is 1.44 bits per heavy atom. The summed E-state index contributed by atoms with van der Waals surface area (Å²) in [6, 6.07) is 3.69. The van der Waals surface area contributed by atoms with Gasteiger partial charge < -0.3 is 5.11 Å². The van der Waals surface area contributed by atoms with Gasteiger partial charge in [0.15, 0.2) is 0 Å². The molecular formula is C13H18Cl2N2O. The third kappa shape index (κ3) is 3.82. The summed E-state index contributed by atoms with van der Waals surface area (Å²) in [5.74, 6) is 0.367. The molecule has 2 unspecified atom stereocenters. The molecule has 0 aliphatic carbocycles. The van der Waals surface area contributed by atoms with E-state index in [1.165, 1.54) is 0 Å². The van der Waals surface area contributed by atoms with E-state index >= 15 is 0 Å². The van der Waals surface area contributed by atoms with Crippen molar-refractivity contribution in [2.75, 3.05) is 13.1 Å². The summed E-state index contributed by atoms with van der Waals surface area (Å²) >= 11 is 11.8. The molecule has 1 aliphatic heterocycles. The van der Waals surface area contributed by atoms with Crippen molar-refractivity contribution in [1.29, 1.82) is 0 Å². The van der Waals surface area contributed by atoms with Gasteiger partial charge in [0.25, 0.3) is 0 Å². The van der Waals surface area contributed by atoms with E-state index in [2.05, 4.69) is 9.88 Å². The van der Waals surface area contributed by atoms with Crippen LogP contribution in [0.25, 0.3) is 0 Å². The van der Waals surface area contributed by atoms with E-state index in [1.54, 1.807) is 0 Å². The zero-order valence-corrected chi connectivity index (χ0v) is 12.0. The maximum absolute atomic E-state index is 9.67. The first-order valence-corrected chi connectivity index (χ1v) is 7.02. The predicted molar refractivity (Wildman–Crippen MR) is 73.9 cm³/mol. The Labute approximate surface area is 118 Å². The summed E-state index contributed by atoms with van der Waals surface area (Å²) in [4.78, 5) is 6.28. The second-order valence-electron chi connectivity index (χ2n) is 5.00. The van der Waals surface area contributed by atoms with Crippen molar-refractivity contribution < 1.29 is 5.11 Å². The fourth-order valence-corrected chi connectivity index (χ4v) is 3.00. The molecule has 0 aromatic carbocycles. The van der Waals surface area contributed by atoms with E-state index in [-0.39, 0.29) is 6.10 Å². The van der Waals surface area contributed by atoms with Crippen LogP contribution >= 0.6 is 23.2 Å². The van der Waals surface area contributed by atoms with Crippen LogP contribution in [0, 0.1) is 5.92 Å². The van der Waals surface area contributed by atoms with Crippen LogP contribution < -0.4 is 0 Å². The SMILES string of the molecule is CC(O)C1CCCN(Cc2cc(Cl)nc(Cl)c2)C1. The van der Waals surface area contributed by atoms with Crippen LogP contribution in [-0.4, -0.2) is 34.2 Å². The monoisotopic (exact) mass is 288 g/mol. The van der Waals surface area contributed by atoms with Gasteiger partial charge in [0.2, 0.25) is 0 Å². The molecule has 0 spiro atoms. The number of piperidine rings is 1. The average Bonchev–Trinajstić information content (AvgIpc) is 2.27. The highest BCUT2D eigenvalue weighted by molar-refractivity contribution is 6.32. The van der Waals surface area contributed by atoms with Crippen LogP contribution in [0.1, 0.15) is 25.3 Å². The quantitative estimate of drug-likeness (QED) is 0.869. The highest BCUT2D eigenvalue weighted by Gasteiger charge is 2.23. The molecule has 0 radical (unpaired) electrons. The highest BCUT2D eigenvalue weighted by Crippen LogP contribution is 2.22. The Balaban J connectivity index is 2.00. The standard InChI is InChI=1S/C13H18Cl2N2O/c1-9(18)11-3-2-4-17(8-11)7-10-5-12(14)16-13(15)6-10/h5-6,9,11,18H,2-4,7-8H2,1H3. The van der Waals surface area contributed by atoms with E-state index < -0.39 is 0 Å². The molecule has 1 aromatic rings. The molecule has 18 heavy (non-hydrogen) atoms. The smallest absolute Gasteiger partial charge is 0.131 e. The van der Waals surface area contributed by atoms with Crippen LogP contribution in [0.3, 0.4) is 0 Å². The largest absolute Gasteiger partial charge is 0.393 e. The Morgan fingerprint density at radius 2 is 2.11 bits per heavy atom. The van der Waals surface area contributed by atoms with Crippen LogP contribution in [0.2, 0.25) is 10.3 Å². The van der Waals surface area contributed by atoms with Gasteiger partial charge in [0.05, 0.1) is 6.10 Å². The summed E-state index contributed by atoms with van der Waals surface area (Å²) in [6.07, 6.45) is 1.99. The fourth-order valence-electron chi connectivity index (χ4n) is 2.49. The topological polar surface area (TPSA) is 36.4 Å². The number of nitrogens with zero attached hydrogens (tertiary/aromatic N) is 2.